The molecule has 0 radical (unpaired) electrons. The van der Waals surface area contributed by atoms with Gasteiger partial charge in [0.1, 0.15) is 0 Å². The van der Waals surface area contributed by atoms with Crippen molar-refractivity contribution in [3.05, 3.63) is 65.7 Å². The minimum atomic E-state index is -0.851. The summed E-state index contributed by atoms with van der Waals surface area (Å²) in [7, 11) is 0. The van der Waals surface area contributed by atoms with Gasteiger partial charge < -0.3 is 10.1 Å². The molecule has 0 fully saturated rings. The Balaban J connectivity index is 1.96. The molecular weight excluding hydrogens is 314 g/mol. The molecule has 25 heavy (non-hydrogen) atoms. The van der Waals surface area contributed by atoms with Crippen molar-refractivity contribution in [2.75, 3.05) is 5.32 Å². The molecule has 0 spiro atoms. The lowest BCUT2D eigenvalue weighted by Gasteiger charge is -2.18. The van der Waals surface area contributed by atoms with E-state index >= 15 is 0 Å². The van der Waals surface area contributed by atoms with Crippen LogP contribution in [-0.4, -0.2) is 18.0 Å². The lowest BCUT2D eigenvalue weighted by molar-refractivity contribution is -0.154. The first-order valence-corrected chi connectivity index (χ1v) is 8.70. The van der Waals surface area contributed by atoms with E-state index in [0.717, 1.165) is 12.0 Å². The molecule has 0 saturated carbocycles. The van der Waals surface area contributed by atoms with Gasteiger partial charge in [-0.1, -0.05) is 56.3 Å². The van der Waals surface area contributed by atoms with E-state index in [1.807, 2.05) is 61.5 Å². The summed E-state index contributed by atoms with van der Waals surface area (Å²) in [5.74, 6) is -1.07. The number of benzene rings is 2. The number of amides is 1. The fourth-order valence-corrected chi connectivity index (χ4v) is 2.60. The maximum absolute atomic E-state index is 12.4. The van der Waals surface area contributed by atoms with Gasteiger partial charge in [0.25, 0.3) is 5.91 Å². The fourth-order valence-electron chi connectivity index (χ4n) is 2.60. The van der Waals surface area contributed by atoms with Crippen LogP contribution < -0.4 is 5.32 Å². The van der Waals surface area contributed by atoms with Crippen molar-refractivity contribution in [2.45, 2.75) is 45.6 Å². The van der Waals surface area contributed by atoms with Crippen LogP contribution in [0.2, 0.25) is 0 Å². The number of hydrogen-bond donors (Lipinski definition) is 1. The van der Waals surface area contributed by atoms with Gasteiger partial charge in [0, 0.05) is 5.69 Å². The van der Waals surface area contributed by atoms with Gasteiger partial charge in [-0.25, -0.2) is 0 Å². The number of anilines is 1. The summed E-state index contributed by atoms with van der Waals surface area (Å²) in [6, 6.07) is 17.1. The molecule has 0 aliphatic carbocycles. The summed E-state index contributed by atoms with van der Waals surface area (Å²) in [4.78, 5) is 24.7. The molecule has 0 saturated heterocycles. The Morgan fingerprint density at radius 3 is 2.20 bits per heavy atom. The molecule has 4 heteroatoms. The number of rotatable bonds is 7. The Morgan fingerprint density at radius 1 is 1.00 bits per heavy atom. The van der Waals surface area contributed by atoms with Crippen LogP contribution in [0.4, 0.5) is 5.69 Å². The number of nitrogens with one attached hydrogen (secondary N) is 1. The van der Waals surface area contributed by atoms with E-state index in [1.54, 1.807) is 6.92 Å². The quantitative estimate of drug-likeness (QED) is 0.765. The molecule has 0 aliphatic rings. The highest BCUT2D eigenvalue weighted by Crippen LogP contribution is 2.21. The van der Waals surface area contributed by atoms with E-state index in [0.29, 0.717) is 12.1 Å². The van der Waals surface area contributed by atoms with E-state index in [2.05, 4.69) is 12.2 Å². The average Bonchev–Trinajstić information content (AvgIpc) is 2.63. The number of ether oxygens (including phenoxy) is 1. The van der Waals surface area contributed by atoms with Crippen molar-refractivity contribution in [1.82, 2.24) is 0 Å². The highest BCUT2D eigenvalue weighted by atomic mass is 16.5. The van der Waals surface area contributed by atoms with Gasteiger partial charge in [-0.05, 0) is 43.0 Å². The van der Waals surface area contributed by atoms with Gasteiger partial charge >= 0.3 is 5.97 Å². The number of hydrogen-bond acceptors (Lipinski definition) is 3. The van der Waals surface area contributed by atoms with Crippen molar-refractivity contribution in [2.24, 2.45) is 0 Å². The first-order chi connectivity index (χ1) is 12.0. The summed E-state index contributed by atoms with van der Waals surface area (Å²) in [5.41, 5.74) is 2.80. The van der Waals surface area contributed by atoms with Crippen molar-refractivity contribution >= 4 is 17.6 Å². The second-order valence-electron chi connectivity index (χ2n) is 5.99. The minimum absolute atomic E-state index is 0.333. The summed E-state index contributed by atoms with van der Waals surface area (Å²) in [6.45, 7) is 5.59. The van der Waals surface area contributed by atoms with E-state index in [1.165, 1.54) is 5.56 Å². The van der Waals surface area contributed by atoms with Crippen LogP contribution in [0.25, 0.3) is 0 Å². The largest absolute Gasteiger partial charge is 0.452 e. The zero-order valence-electron chi connectivity index (χ0n) is 15.0. The van der Waals surface area contributed by atoms with Crippen LogP contribution in [0.15, 0.2) is 54.6 Å². The first-order valence-electron chi connectivity index (χ1n) is 8.70. The van der Waals surface area contributed by atoms with E-state index in [9.17, 15) is 9.59 Å². The molecule has 1 N–H and O–H groups in total. The predicted octanol–water partition coefficient (Wildman–Crippen LogP) is 4.31. The number of carbonyl (C=O) groups excluding carboxylic acids is 2. The SMILES string of the molecule is CCc1ccc(NC(=O)[C@@H](C)OC(=O)[C@@H](CC)c2ccccc2)cc1. The van der Waals surface area contributed by atoms with Crippen molar-refractivity contribution in [1.29, 1.82) is 0 Å². The van der Waals surface area contributed by atoms with E-state index in [-0.39, 0.29) is 17.8 Å². The third-order valence-electron chi connectivity index (χ3n) is 4.19. The van der Waals surface area contributed by atoms with Gasteiger partial charge in [-0.2, -0.15) is 0 Å². The molecule has 0 heterocycles. The van der Waals surface area contributed by atoms with Crippen LogP contribution in [0.5, 0.6) is 0 Å². The fraction of sp³-hybridized carbons (Fsp3) is 0.333. The van der Waals surface area contributed by atoms with Gasteiger partial charge in [-0.15, -0.1) is 0 Å². The van der Waals surface area contributed by atoms with Crippen molar-refractivity contribution < 1.29 is 14.3 Å². The predicted molar refractivity (Wildman–Crippen MR) is 99.5 cm³/mol. The topological polar surface area (TPSA) is 55.4 Å². The molecule has 0 aromatic heterocycles. The van der Waals surface area contributed by atoms with Crippen LogP contribution >= 0.6 is 0 Å². The molecule has 0 aliphatic heterocycles. The number of esters is 1. The zero-order valence-corrected chi connectivity index (χ0v) is 15.0. The molecule has 4 nitrogen and oxygen atoms in total. The Hall–Kier alpha value is -2.62. The maximum atomic E-state index is 12.4. The van der Waals surface area contributed by atoms with Gasteiger partial charge in [0.2, 0.25) is 0 Å². The molecule has 1 amide bonds. The molecule has 2 atom stereocenters. The number of aryl methyl sites for hydroxylation is 1. The Kier molecular flexibility index (Phi) is 6.75. The van der Waals surface area contributed by atoms with Crippen LogP contribution in [-0.2, 0) is 20.7 Å². The highest BCUT2D eigenvalue weighted by Gasteiger charge is 2.25. The van der Waals surface area contributed by atoms with Gasteiger partial charge in [0.15, 0.2) is 6.10 Å². The van der Waals surface area contributed by atoms with Crippen LogP contribution in [0.1, 0.15) is 44.2 Å². The van der Waals surface area contributed by atoms with Crippen LogP contribution in [0, 0.1) is 0 Å². The van der Waals surface area contributed by atoms with Crippen LogP contribution in [0.3, 0.4) is 0 Å². The average molecular weight is 339 g/mol. The molecule has 2 aromatic carbocycles. The van der Waals surface area contributed by atoms with Gasteiger partial charge in [0.05, 0.1) is 5.92 Å². The third-order valence-corrected chi connectivity index (χ3v) is 4.19. The number of carbonyl (C=O) groups is 2. The first kappa shape index (κ1) is 18.7. The molecular formula is C21H25NO3. The van der Waals surface area contributed by atoms with Gasteiger partial charge in [-0.3, -0.25) is 9.59 Å². The second-order valence-corrected chi connectivity index (χ2v) is 5.99. The molecule has 0 bridgehead atoms. The monoisotopic (exact) mass is 339 g/mol. The molecule has 2 rings (SSSR count). The molecule has 2 aromatic rings. The normalized spacial score (nSPS) is 12.9. The standard InChI is InChI=1S/C21H25NO3/c1-4-16-11-13-18(14-12-16)22-20(23)15(3)25-21(24)19(5-2)17-9-7-6-8-10-17/h6-15,19H,4-5H2,1-3H3,(H,22,23)/t15-,19+/m1/s1. The Bertz CT molecular complexity index is 695. The summed E-state index contributed by atoms with van der Waals surface area (Å²) in [6.07, 6.45) is 0.714. The lowest BCUT2D eigenvalue weighted by atomic mass is 9.97. The molecule has 0 unspecified atom stereocenters. The zero-order chi connectivity index (χ0) is 18.2. The summed E-state index contributed by atoms with van der Waals surface area (Å²) < 4.78 is 5.39. The molecule has 132 valence electrons. The Labute approximate surface area is 149 Å². The highest BCUT2D eigenvalue weighted by molar-refractivity contribution is 5.95. The van der Waals surface area contributed by atoms with E-state index in [4.69, 9.17) is 4.74 Å². The maximum Gasteiger partial charge on any atom is 0.314 e. The summed E-state index contributed by atoms with van der Waals surface area (Å²) in [5, 5.41) is 2.78. The second kappa shape index (κ2) is 9.02. The van der Waals surface area contributed by atoms with Crippen molar-refractivity contribution in [3.8, 4) is 0 Å². The smallest absolute Gasteiger partial charge is 0.314 e. The third kappa shape index (κ3) is 5.18. The Morgan fingerprint density at radius 2 is 1.64 bits per heavy atom. The van der Waals surface area contributed by atoms with E-state index < -0.39 is 6.10 Å². The van der Waals surface area contributed by atoms with Crippen molar-refractivity contribution in [3.63, 3.8) is 0 Å². The summed E-state index contributed by atoms with van der Waals surface area (Å²) >= 11 is 0. The lowest BCUT2D eigenvalue weighted by Crippen LogP contribution is -2.31. The minimum Gasteiger partial charge on any atom is -0.452 e.